The Bertz CT molecular complexity index is 379. The molecule has 2 nitrogen and oxygen atoms in total. The maximum atomic E-state index is 6.34. The number of hydrogen-bond donors (Lipinski definition) is 1. The molecule has 0 aliphatic heterocycles. The molecule has 3 atom stereocenters. The molecule has 0 spiro atoms. The van der Waals surface area contributed by atoms with Crippen LogP contribution in [0.2, 0.25) is 5.02 Å². The Balaban J connectivity index is 1.85. The smallest absolute Gasteiger partial charge is 0.119 e. The Morgan fingerprint density at radius 3 is 2.63 bits per heavy atom. The molecule has 1 aromatic carbocycles. The Hall–Kier alpha value is -0.730. The van der Waals surface area contributed by atoms with E-state index >= 15 is 0 Å². The van der Waals surface area contributed by atoms with Crippen LogP contribution in [0, 0.1) is 11.8 Å². The van der Waals surface area contributed by atoms with Gasteiger partial charge < -0.3 is 10.5 Å². The molecule has 19 heavy (non-hydrogen) atoms. The van der Waals surface area contributed by atoms with Crippen molar-refractivity contribution < 1.29 is 4.74 Å². The second kappa shape index (κ2) is 7.16. The first-order valence-electron chi connectivity index (χ1n) is 7.34. The molecule has 0 heterocycles. The highest BCUT2D eigenvalue weighted by atomic mass is 35.5. The zero-order valence-corrected chi connectivity index (χ0v) is 12.4. The lowest BCUT2D eigenvalue weighted by Crippen LogP contribution is -2.41. The first-order valence-corrected chi connectivity index (χ1v) is 7.72. The third-order valence-electron chi connectivity index (χ3n) is 4.30. The van der Waals surface area contributed by atoms with Crippen molar-refractivity contribution in [2.24, 2.45) is 17.6 Å². The molecule has 0 bridgehead atoms. The van der Waals surface area contributed by atoms with Crippen LogP contribution in [0.1, 0.15) is 39.0 Å². The number of hydrogen-bond acceptors (Lipinski definition) is 2. The second-order valence-corrected chi connectivity index (χ2v) is 5.98. The lowest BCUT2D eigenvalue weighted by atomic mass is 9.74. The summed E-state index contributed by atoms with van der Waals surface area (Å²) in [6, 6.07) is 7.62. The summed E-state index contributed by atoms with van der Waals surface area (Å²) >= 11 is 5.85. The molecule has 0 amide bonds. The van der Waals surface area contributed by atoms with Gasteiger partial charge in [0.25, 0.3) is 0 Å². The maximum absolute atomic E-state index is 6.34. The molecule has 0 radical (unpaired) electrons. The fraction of sp³-hybridized carbons (Fsp3) is 0.625. The molecule has 1 saturated carbocycles. The molecule has 0 saturated heterocycles. The van der Waals surface area contributed by atoms with Crippen LogP contribution in [-0.2, 0) is 0 Å². The zero-order valence-electron chi connectivity index (χ0n) is 11.6. The SMILES string of the molecule is CCC1CCCCC1C(N)COc1ccc(Cl)cc1. The van der Waals surface area contributed by atoms with Crippen molar-refractivity contribution in [1.29, 1.82) is 0 Å². The summed E-state index contributed by atoms with van der Waals surface area (Å²) in [6.07, 6.45) is 6.49. The minimum atomic E-state index is 0.140. The zero-order chi connectivity index (χ0) is 13.7. The van der Waals surface area contributed by atoms with Crippen LogP contribution >= 0.6 is 11.6 Å². The van der Waals surface area contributed by atoms with Crippen LogP contribution in [0.5, 0.6) is 5.75 Å². The van der Waals surface area contributed by atoms with Crippen molar-refractivity contribution in [3.05, 3.63) is 29.3 Å². The van der Waals surface area contributed by atoms with Crippen molar-refractivity contribution in [3.63, 3.8) is 0 Å². The Kier molecular flexibility index (Phi) is 5.53. The van der Waals surface area contributed by atoms with Gasteiger partial charge in [0.05, 0.1) is 0 Å². The van der Waals surface area contributed by atoms with E-state index in [2.05, 4.69) is 6.92 Å². The third kappa shape index (κ3) is 4.12. The van der Waals surface area contributed by atoms with Crippen LogP contribution in [-0.4, -0.2) is 12.6 Å². The first-order chi connectivity index (χ1) is 9.20. The molecule has 1 aromatic rings. The molecule has 106 valence electrons. The number of ether oxygens (including phenoxy) is 1. The average Bonchev–Trinajstić information content (AvgIpc) is 2.46. The van der Waals surface area contributed by atoms with Gasteiger partial charge in [0.15, 0.2) is 0 Å². The molecule has 3 unspecified atom stereocenters. The van der Waals surface area contributed by atoms with E-state index in [4.69, 9.17) is 22.1 Å². The highest BCUT2D eigenvalue weighted by Crippen LogP contribution is 2.34. The van der Waals surface area contributed by atoms with Crippen molar-refractivity contribution in [1.82, 2.24) is 0 Å². The molecular formula is C16H24ClNO. The predicted molar refractivity (Wildman–Crippen MR) is 80.7 cm³/mol. The highest BCUT2D eigenvalue weighted by Gasteiger charge is 2.28. The van der Waals surface area contributed by atoms with Crippen molar-refractivity contribution in [3.8, 4) is 5.75 Å². The fourth-order valence-electron chi connectivity index (χ4n) is 3.15. The predicted octanol–water partition coefficient (Wildman–Crippen LogP) is 4.26. The topological polar surface area (TPSA) is 35.2 Å². The van der Waals surface area contributed by atoms with E-state index in [0.29, 0.717) is 12.5 Å². The summed E-state index contributed by atoms with van der Waals surface area (Å²) in [5, 5.41) is 0.731. The monoisotopic (exact) mass is 281 g/mol. The van der Waals surface area contributed by atoms with Crippen LogP contribution < -0.4 is 10.5 Å². The summed E-state index contributed by atoms with van der Waals surface area (Å²) in [7, 11) is 0. The number of rotatable bonds is 5. The summed E-state index contributed by atoms with van der Waals surface area (Å²) < 4.78 is 5.79. The number of benzene rings is 1. The van der Waals surface area contributed by atoms with Gasteiger partial charge in [-0.3, -0.25) is 0 Å². The van der Waals surface area contributed by atoms with Gasteiger partial charge in [0.2, 0.25) is 0 Å². The van der Waals surface area contributed by atoms with E-state index in [1.165, 1.54) is 32.1 Å². The fourth-order valence-corrected chi connectivity index (χ4v) is 3.28. The van der Waals surface area contributed by atoms with E-state index in [1.807, 2.05) is 24.3 Å². The second-order valence-electron chi connectivity index (χ2n) is 5.55. The molecule has 1 aliphatic carbocycles. The Morgan fingerprint density at radius 1 is 1.26 bits per heavy atom. The van der Waals surface area contributed by atoms with Gasteiger partial charge in [0.1, 0.15) is 12.4 Å². The summed E-state index contributed by atoms with van der Waals surface area (Å²) in [5.41, 5.74) is 6.34. The minimum Gasteiger partial charge on any atom is -0.492 e. The van der Waals surface area contributed by atoms with Crippen LogP contribution in [0.25, 0.3) is 0 Å². The van der Waals surface area contributed by atoms with Gasteiger partial charge in [-0.25, -0.2) is 0 Å². The molecule has 1 fully saturated rings. The molecule has 3 heteroatoms. The van der Waals surface area contributed by atoms with Crippen molar-refractivity contribution >= 4 is 11.6 Å². The summed E-state index contributed by atoms with van der Waals surface area (Å²) in [5.74, 6) is 2.24. The standard InChI is InChI=1S/C16H24ClNO/c1-2-12-5-3-4-6-15(12)16(18)11-19-14-9-7-13(17)8-10-14/h7-10,12,15-16H,2-6,11,18H2,1H3. The van der Waals surface area contributed by atoms with Crippen LogP contribution in [0.15, 0.2) is 24.3 Å². The van der Waals surface area contributed by atoms with Gasteiger partial charge in [-0.2, -0.15) is 0 Å². The molecule has 0 aromatic heterocycles. The highest BCUT2D eigenvalue weighted by molar-refractivity contribution is 6.30. The summed E-state index contributed by atoms with van der Waals surface area (Å²) in [4.78, 5) is 0. The van der Waals surface area contributed by atoms with E-state index in [0.717, 1.165) is 16.7 Å². The van der Waals surface area contributed by atoms with Gasteiger partial charge in [-0.05, 0) is 42.5 Å². The lowest BCUT2D eigenvalue weighted by Gasteiger charge is -2.34. The quantitative estimate of drug-likeness (QED) is 0.875. The lowest BCUT2D eigenvalue weighted by molar-refractivity contribution is 0.154. The molecule has 2 N–H and O–H groups in total. The van der Waals surface area contributed by atoms with E-state index in [9.17, 15) is 0 Å². The van der Waals surface area contributed by atoms with E-state index in [-0.39, 0.29) is 6.04 Å². The van der Waals surface area contributed by atoms with Gasteiger partial charge in [-0.1, -0.05) is 44.2 Å². The molecule has 1 aliphatic rings. The first kappa shape index (κ1) is 14.7. The van der Waals surface area contributed by atoms with Gasteiger partial charge >= 0.3 is 0 Å². The minimum absolute atomic E-state index is 0.140. The number of halogens is 1. The normalized spacial score (nSPS) is 25.0. The Morgan fingerprint density at radius 2 is 1.95 bits per heavy atom. The Labute approximate surface area is 121 Å². The van der Waals surface area contributed by atoms with Gasteiger partial charge in [-0.15, -0.1) is 0 Å². The maximum Gasteiger partial charge on any atom is 0.119 e. The largest absolute Gasteiger partial charge is 0.492 e. The molecule has 2 rings (SSSR count). The van der Waals surface area contributed by atoms with Crippen molar-refractivity contribution in [2.75, 3.05) is 6.61 Å². The summed E-state index contributed by atoms with van der Waals surface area (Å²) in [6.45, 7) is 2.87. The van der Waals surface area contributed by atoms with E-state index in [1.54, 1.807) is 0 Å². The number of nitrogens with two attached hydrogens (primary N) is 1. The van der Waals surface area contributed by atoms with Crippen LogP contribution in [0.3, 0.4) is 0 Å². The third-order valence-corrected chi connectivity index (χ3v) is 4.55. The molecular weight excluding hydrogens is 258 g/mol. The average molecular weight is 282 g/mol. The van der Waals surface area contributed by atoms with E-state index < -0.39 is 0 Å². The van der Waals surface area contributed by atoms with Crippen molar-refractivity contribution in [2.45, 2.75) is 45.1 Å². The van der Waals surface area contributed by atoms with Gasteiger partial charge in [0, 0.05) is 11.1 Å². The van der Waals surface area contributed by atoms with Crippen LogP contribution in [0.4, 0.5) is 0 Å².